The van der Waals surface area contributed by atoms with Gasteiger partial charge in [-0.05, 0) is 32.4 Å². The molecule has 1 N–H and O–H groups in total. The summed E-state index contributed by atoms with van der Waals surface area (Å²) < 4.78 is 5.57. The zero-order valence-electron chi connectivity index (χ0n) is 9.50. The first-order valence-electron chi connectivity index (χ1n) is 5.35. The highest BCUT2D eigenvalue weighted by Crippen LogP contribution is 2.19. The summed E-state index contributed by atoms with van der Waals surface area (Å²) in [4.78, 5) is 3.39. The number of nitrogens with one attached hydrogen (secondary N) is 1. The lowest BCUT2D eigenvalue weighted by Gasteiger charge is -2.04. The Balaban J connectivity index is 2.27. The van der Waals surface area contributed by atoms with Crippen LogP contribution in [-0.4, -0.2) is 11.1 Å². The molecule has 0 atom stereocenters. The van der Waals surface area contributed by atoms with Crippen LogP contribution in [0.3, 0.4) is 0 Å². The number of hydrogen-bond acceptors (Lipinski definition) is 1. The fourth-order valence-corrected chi connectivity index (χ4v) is 1.70. The maximum atomic E-state index is 5.57. The molecule has 1 heterocycles. The van der Waals surface area contributed by atoms with Crippen molar-refractivity contribution in [1.29, 1.82) is 0 Å². The smallest absolute Gasteiger partial charge is 0.0869 e. The van der Waals surface area contributed by atoms with Crippen LogP contribution in [0.5, 0.6) is 0 Å². The molecule has 0 bridgehead atoms. The van der Waals surface area contributed by atoms with Crippen LogP contribution in [0.4, 0.5) is 0 Å². The summed E-state index contributed by atoms with van der Waals surface area (Å²) in [6.07, 6.45) is 0.275. The van der Waals surface area contributed by atoms with Gasteiger partial charge in [0.15, 0.2) is 0 Å². The van der Waals surface area contributed by atoms with Crippen molar-refractivity contribution in [3.63, 3.8) is 0 Å². The molecule has 0 amide bonds. The second-order valence-corrected chi connectivity index (χ2v) is 4.19. The predicted molar refractivity (Wildman–Crippen MR) is 63.0 cm³/mol. The highest BCUT2D eigenvalue weighted by atomic mass is 16.5. The summed E-state index contributed by atoms with van der Waals surface area (Å²) >= 11 is 0. The number of aryl methyl sites for hydroxylation is 1. The van der Waals surface area contributed by atoms with Gasteiger partial charge >= 0.3 is 0 Å². The molecule has 0 aliphatic rings. The molecule has 1 aromatic heterocycles. The molecule has 0 radical (unpaired) electrons. The number of ether oxygens (including phenoxy) is 1. The quantitative estimate of drug-likeness (QED) is 0.812. The SMILES string of the molecule is Cc1cccc2cc(COC(C)C)[nH]c12. The normalized spacial score (nSPS) is 11.5. The van der Waals surface area contributed by atoms with Crippen LogP contribution < -0.4 is 0 Å². The van der Waals surface area contributed by atoms with Crippen LogP contribution >= 0.6 is 0 Å². The van der Waals surface area contributed by atoms with Gasteiger partial charge in [0.2, 0.25) is 0 Å². The van der Waals surface area contributed by atoms with Gasteiger partial charge < -0.3 is 9.72 Å². The number of fused-ring (bicyclic) bond motifs is 1. The number of hydrogen-bond donors (Lipinski definition) is 1. The van der Waals surface area contributed by atoms with E-state index in [1.54, 1.807) is 0 Å². The molecule has 2 heteroatoms. The Kier molecular flexibility index (Phi) is 2.78. The lowest BCUT2D eigenvalue weighted by Crippen LogP contribution is -2.02. The van der Waals surface area contributed by atoms with E-state index in [0.29, 0.717) is 6.61 Å². The van der Waals surface area contributed by atoms with Crippen molar-refractivity contribution >= 4 is 10.9 Å². The van der Waals surface area contributed by atoms with E-state index in [1.807, 2.05) is 13.8 Å². The van der Waals surface area contributed by atoms with E-state index >= 15 is 0 Å². The van der Waals surface area contributed by atoms with Crippen LogP contribution in [0.25, 0.3) is 10.9 Å². The fraction of sp³-hybridized carbons (Fsp3) is 0.385. The van der Waals surface area contributed by atoms with Gasteiger partial charge in [-0.15, -0.1) is 0 Å². The molecular formula is C13H17NO. The highest BCUT2D eigenvalue weighted by molar-refractivity contribution is 5.83. The maximum absolute atomic E-state index is 5.57. The zero-order valence-corrected chi connectivity index (χ0v) is 9.50. The summed E-state index contributed by atoms with van der Waals surface area (Å²) in [5.74, 6) is 0. The van der Waals surface area contributed by atoms with Gasteiger partial charge in [-0.2, -0.15) is 0 Å². The van der Waals surface area contributed by atoms with E-state index in [-0.39, 0.29) is 6.10 Å². The third kappa shape index (κ3) is 2.21. The van der Waals surface area contributed by atoms with Crippen molar-refractivity contribution in [3.8, 4) is 0 Å². The van der Waals surface area contributed by atoms with Crippen molar-refractivity contribution in [3.05, 3.63) is 35.5 Å². The third-order valence-electron chi connectivity index (χ3n) is 2.49. The molecule has 15 heavy (non-hydrogen) atoms. The summed E-state index contributed by atoms with van der Waals surface area (Å²) in [5, 5.41) is 1.26. The number of H-pyrrole nitrogens is 1. The van der Waals surface area contributed by atoms with Crippen molar-refractivity contribution in [2.75, 3.05) is 0 Å². The Labute approximate surface area is 90.3 Å². The fourth-order valence-electron chi connectivity index (χ4n) is 1.70. The second-order valence-electron chi connectivity index (χ2n) is 4.19. The van der Waals surface area contributed by atoms with Crippen molar-refractivity contribution < 1.29 is 4.74 Å². The molecule has 0 aliphatic heterocycles. The van der Waals surface area contributed by atoms with Crippen LogP contribution in [0.2, 0.25) is 0 Å². The van der Waals surface area contributed by atoms with Gasteiger partial charge in [0.05, 0.1) is 12.7 Å². The van der Waals surface area contributed by atoms with Crippen molar-refractivity contribution in [1.82, 2.24) is 4.98 Å². The van der Waals surface area contributed by atoms with E-state index in [9.17, 15) is 0 Å². The maximum Gasteiger partial charge on any atom is 0.0869 e. The highest BCUT2D eigenvalue weighted by Gasteiger charge is 2.03. The number of rotatable bonds is 3. The molecule has 2 aromatic rings. The standard InChI is InChI=1S/C13H17NO/c1-9(2)15-8-12-7-11-6-4-5-10(3)13(11)14-12/h4-7,9,14H,8H2,1-3H3. The summed E-state index contributed by atoms with van der Waals surface area (Å²) in [5.41, 5.74) is 3.65. The zero-order chi connectivity index (χ0) is 10.8. The Morgan fingerprint density at radius 3 is 2.80 bits per heavy atom. The van der Waals surface area contributed by atoms with E-state index in [2.05, 4.69) is 36.2 Å². The first-order valence-corrected chi connectivity index (χ1v) is 5.35. The Morgan fingerprint density at radius 1 is 1.33 bits per heavy atom. The lowest BCUT2D eigenvalue weighted by molar-refractivity contribution is 0.0639. The summed E-state index contributed by atoms with van der Waals surface area (Å²) in [6.45, 7) is 6.87. The van der Waals surface area contributed by atoms with Crippen LogP contribution in [0.1, 0.15) is 25.1 Å². The molecule has 0 unspecified atom stereocenters. The van der Waals surface area contributed by atoms with Gasteiger partial charge in [-0.1, -0.05) is 18.2 Å². The molecule has 0 spiro atoms. The molecule has 0 fully saturated rings. The number of aromatic amines is 1. The van der Waals surface area contributed by atoms with Crippen LogP contribution in [0.15, 0.2) is 24.3 Å². The van der Waals surface area contributed by atoms with Crippen molar-refractivity contribution in [2.24, 2.45) is 0 Å². The first-order chi connectivity index (χ1) is 7.16. The Morgan fingerprint density at radius 2 is 2.13 bits per heavy atom. The van der Waals surface area contributed by atoms with E-state index < -0.39 is 0 Å². The Hall–Kier alpha value is -1.28. The molecule has 1 aromatic carbocycles. The van der Waals surface area contributed by atoms with Crippen LogP contribution in [0, 0.1) is 6.92 Å². The molecular weight excluding hydrogens is 186 g/mol. The van der Waals surface area contributed by atoms with E-state index in [0.717, 1.165) is 5.69 Å². The monoisotopic (exact) mass is 203 g/mol. The van der Waals surface area contributed by atoms with Gasteiger partial charge in [0.25, 0.3) is 0 Å². The molecule has 80 valence electrons. The lowest BCUT2D eigenvalue weighted by atomic mass is 10.2. The van der Waals surface area contributed by atoms with Crippen LogP contribution in [-0.2, 0) is 11.3 Å². The molecule has 0 saturated heterocycles. The predicted octanol–water partition coefficient (Wildman–Crippen LogP) is 3.40. The minimum absolute atomic E-state index is 0.275. The minimum Gasteiger partial charge on any atom is -0.373 e. The van der Waals surface area contributed by atoms with Gasteiger partial charge in [-0.25, -0.2) is 0 Å². The number of aromatic nitrogens is 1. The average molecular weight is 203 g/mol. The van der Waals surface area contributed by atoms with Gasteiger partial charge in [0.1, 0.15) is 0 Å². The largest absolute Gasteiger partial charge is 0.373 e. The molecule has 0 saturated carbocycles. The third-order valence-corrected chi connectivity index (χ3v) is 2.49. The molecule has 2 nitrogen and oxygen atoms in total. The number of para-hydroxylation sites is 1. The minimum atomic E-state index is 0.275. The topological polar surface area (TPSA) is 25.0 Å². The van der Waals surface area contributed by atoms with Crippen molar-refractivity contribution in [2.45, 2.75) is 33.5 Å². The summed E-state index contributed by atoms with van der Waals surface area (Å²) in [6, 6.07) is 8.48. The second kappa shape index (κ2) is 4.07. The van der Waals surface area contributed by atoms with Gasteiger partial charge in [-0.3, -0.25) is 0 Å². The Bertz CT molecular complexity index is 457. The van der Waals surface area contributed by atoms with E-state index in [4.69, 9.17) is 4.74 Å². The molecule has 0 aliphatic carbocycles. The van der Waals surface area contributed by atoms with E-state index in [1.165, 1.54) is 16.5 Å². The number of benzene rings is 1. The average Bonchev–Trinajstić information content (AvgIpc) is 2.59. The summed E-state index contributed by atoms with van der Waals surface area (Å²) in [7, 11) is 0. The first kappa shape index (κ1) is 10.2. The molecule has 2 rings (SSSR count). The van der Waals surface area contributed by atoms with Gasteiger partial charge in [0, 0.05) is 16.6 Å².